The van der Waals surface area contributed by atoms with Gasteiger partial charge in [0, 0.05) is 16.3 Å². The summed E-state index contributed by atoms with van der Waals surface area (Å²) in [5.74, 6) is 0.432. The number of thiophene rings is 2. The summed E-state index contributed by atoms with van der Waals surface area (Å²) in [6, 6.07) is 3.99. The molecule has 1 aliphatic rings. The van der Waals surface area contributed by atoms with E-state index in [9.17, 15) is 8.42 Å². The van der Waals surface area contributed by atoms with Crippen molar-refractivity contribution < 1.29 is 8.42 Å². The van der Waals surface area contributed by atoms with E-state index in [0.717, 1.165) is 33.2 Å². The highest BCUT2D eigenvalue weighted by Gasteiger charge is 2.38. The minimum atomic E-state index is -3.49. The minimum Gasteiger partial charge on any atom is -0.264 e. The van der Waals surface area contributed by atoms with Crippen LogP contribution in [0, 0.1) is 19.8 Å². The molecule has 0 atom stereocenters. The van der Waals surface area contributed by atoms with Crippen molar-refractivity contribution in [1.29, 1.82) is 0 Å². The van der Waals surface area contributed by atoms with Gasteiger partial charge >= 0.3 is 0 Å². The molecule has 3 nitrogen and oxygen atoms in total. The molecule has 2 aromatic heterocycles. The molecule has 34 heavy (non-hydrogen) atoms. The lowest BCUT2D eigenvalue weighted by molar-refractivity contribution is 0.410. The van der Waals surface area contributed by atoms with Gasteiger partial charge in [0.15, 0.2) is 0 Å². The fraction of sp³-hybridized carbons (Fsp3) is 0.714. The maximum absolute atomic E-state index is 13.8. The Hall–Kier alpha value is -0.850. The highest BCUT2D eigenvalue weighted by atomic mass is 32.2. The quantitative estimate of drug-likeness (QED) is 0.205. The molecule has 0 bridgehead atoms. The highest BCUT2D eigenvalue weighted by molar-refractivity contribution is 7.93. The second-order valence-corrected chi connectivity index (χ2v) is 14.5. The van der Waals surface area contributed by atoms with Crippen LogP contribution in [0.1, 0.15) is 113 Å². The number of fused-ring (bicyclic) bond motifs is 3. The van der Waals surface area contributed by atoms with Gasteiger partial charge in [0.1, 0.15) is 4.90 Å². The van der Waals surface area contributed by atoms with Crippen LogP contribution in [0.2, 0.25) is 0 Å². The molecule has 0 aromatic carbocycles. The zero-order chi connectivity index (χ0) is 24.6. The molecule has 2 aromatic rings. The lowest BCUT2D eigenvalue weighted by atomic mass is 9.94. The Morgan fingerprint density at radius 3 is 1.82 bits per heavy atom. The monoisotopic (exact) mass is 523 g/mol. The van der Waals surface area contributed by atoms with Crippen LogP contribution in [-0.2, 0) is 10.0 Å². The molecular weight excluding hydrogens is 479 g/mol. The van der Waals surface area contributed by atoms with Gasteiger partial charge in [-0.15, -0.1) is 22.7 Å². The van der Waals surface area contributed by atoms with E-state index >= 15 is 0 Å². The van der Waals surface area contributed by atoms with Crippen LogP contribution >= 0.6 is 22.7 Å². The molecule has 0 fully saturated rings. The zero-order valence-electron chi connectivity index (χ0n) is 21.8. The normalized spacial score (nSPS) is 14.6. The number of hydrogen-bond acceptors (Lipinski definition) is 4. The molecule has 1 aliphatic heterocycles. The molecule has 3 heterocycles. The molecule has 0 unspecified atom stereocenters. The fourth-order valence-corrected chi connectivity index (χ4v) is 9.54. The summed E-state index contributed by atoms with van der Waals surface area (Å²) < 4.78 is 29.3. The molecule has 6 heteroatoms. The molecule has 192 valence electrons. The predicted octanol–water partition coefficient (Wildman–Crippen LogP) is 9.72. The molecule has 0 aliphatic carbocycles. The SMILES string of the molecule is CCCCCCCCC(CCCCCCCC)CN1c2cc(C)sc2-c2sc(C)cc2S1(=O)=O. The Morgan fingerprint density at radius 2 is 1.24 bits per heavy atom. The second kappa shape index (κ2) is 13.5. The van der Waals surface area contributed by atoms with Crippen molar-refractivity contribution in [1.82, 2.24) is 0 Å². The molecule has 3 rings (SSSR count). The first kappa shape index (κ1) is 27.7. The van der Waals surface area contributed by atoms with Gasteiger partial charge in [0.25, 0.3) is 10.0 Å². The summed E-state index contributed by atoms with van der Waals surface area (Å²) in [5, 5.41) is 0. The van der Waals surface area contributed by atoms with E-state index in [1.54, 1.807) is 27.0 Å². The number of hydrogen-bond donors (Lipinski definition) is 0. The Morgan fingerprint density at radius 1 is 0.735 bits per heavy atom. The predicted molar refractivity (Wildman–Crippen MR) is 151 cm³/mol. The van der Waals surface area contributed by atoms with Crippen LogP contribution < -0.4 is 4.31 Å². The van der Waals surface area contributed by atoms with Crippen LogP contribution in [0.25, 0.3) is 9.75 Å². The van der Waals surface area contributed by atoms with Crippen molar-refractivity contribution in [2.45, 2.75) is 122 Å². The lowest BCUT2D eigenvalue weighted by Gasteiger charge is -2.32. The summed E-state index contributed by atoms with van der Waals surface area (Å²) in [5.41, 5.74) is 0.924. The van der Waals surface area contributed by atoms with Crippen molar-refractivity contribution in [3.05, 3.63) is 21.9 Å². The Bertz CT molecular complexity index is 973. The number of unbranched alkanes of at least 4 members (excludes halogenated alkanes) is 10. The van der Waals surface area contributed by atoms with E-state index in [0.29, 0.717) is 17.4 Å². The van der Waals surface area contributed by atoms with Crippen molar-refractivity contribution in [2.24, 2.45) is 5.92 Å². The average Bonchev–Trinajstić information content (AvgIpc) is 3.38. The number of aryl methyl sites for hydroxylation is 2. The third-order valence-electron chi connectivity index (χ3n) is 7.06. The summed E-state index contributed by atoms with van der Waals surface area (Å²) in [7, 11) is -3.49. The summed E-state index contributed by atoms with van der Waals surface area (Å²) >= 11 is 3.36. The van der Waals surface area contributed by atoms with Gasteiger partial charge in [0.05, 0.1) is 15.4 Å². The largest absolute Gasteiger partial charge is 0.265 e. The number of anilines is 1. The lowest BCUT2D eigenvalue weighted by Crippen LogP contribution is -2.37. The van der Waals surface area contributed by atoms with Crippen LogP contribution in [-0.4, -0.2) is 15.0 Å². The molecular formula is C28H45NO2S3. The highest BCUT2D eigenvalue weighted by Crippen LogP contribution is 2.51. The number of rotatable bonds is 16. The summed E-state index contributed by atoms with van der Waals surface area (Å²) in [4.78, 5) is 4.89. The smallest absolute Gasteiger partial charge is 0.264 e. The molecule has 0 N–H and O–H groups in total. The summed E-state index contributed by atoms with van der Waals surface area (Å²) in [6.45, 7) is 9.26. The summed E-state index contributed by atoms with van der Waals surface area (Å²) in [6.07, 6.45) is 17.8. The van der Waals surface area contributed by atoms with Gasteiger partial charge in [-0.2, -0.15) is 0 Å². The zero-order valence-corrected chi connectivity index (χ0v) is 24.3. The third kappa shape index (κ3) is 7.10. The maximum Gasteiger partial charge on any atom is 0.265 e. The van der Waals surface area contributed by atoms with Gasteiger partial charge < -0.3 is 0 Å². The van der Waals surface area contributed by atoms with E-state index in [1.165, 1.54) is 81.9 Å². The van der Waals surface area contributed by atoms with Gasteiger partial charge in [-0.25, -0.2) is 8.42 Å². The maximum atomic E-state index is 13.8. The second-order valence-electron chi connectivity index (χ2n) is 10.1. The van der Waals surface area contributed by atoms with Gasteiger partial charge in [-0.3, -0.25) is 4.31 Å². The van der Waals surface area contributed by atoms with E-state index in [2.05, 4.69) is 26.8 Å². The van der Waals surface area contributed by atoms with Crippen LogP contribution in [0.4, 0.5) is 5.69 Å². The molecule has 0 saturated heterocycles. The first-order valence-electron chi connectivity index (χ1n) is 13.6. The van der Waals surface area contributed by atoms with Crippen molar-refractivity contribution in [3.8, 4) is 9.75 Å². The van der Waals surface area contributed by atoms with E-state index in [1.807, 2.05) is 13.0 Å². The fourth-order valence-electron chi connectivity index (χ4n) is 5.12. The first-order valence-corrected chi connectivity index (χ1v) is 16.7. The third-order valence-corrected chi connectivity index (χ3v) is 11.2. The van der Waals surface area contributed by atoms with E-state index < -0.39 is 10.0 Å². The average molecular weight is 524 g/mol. The Kier molecular flexibility index (Phi) is 11.0. The standard InChI is InChI=1S/C28H45NO2S3/c1-5-7-9-11-13-15-17-24(18-16-14-12-10-8-6-2)21-29-25-19-22(3)32-27(25)28-26(34(29,30)31)20-23(4)33-28/h19-20,24H,5-18,21H2,1-4H3. The topological polar surface area (TPSA) is 37.4 Å². The number of nitrogens with zero attached hydrogens (tertiary/aromatic N) is 1. The van der Waals surface area contributed by atoms with Crippen molar-refractivity contribution >= 4 is 38.4 Å². The van der Waals surface area contributed by atoms with Gasteiger partial charge in [-0.1, -0.05) is 90.9 Å². The van der Waals surface area contributed by atoms with E-state index in [4.69, 9.17) is 0 Å². The van der Waals surface area contributed by atoms with Crippen LogP contribution in [0.3, 0.4) is 0 Å². The van der Waals surface area contributed by atoms with Crippen LogP contribution in [0.5, 0.6) is 0 Å². The minimum absolute atomic E-state index is 0.432. The molecule has 0 radical (unpaired) electrons. The van der Waals surface area contributed by atoms with E-state index in [-0.39, 0.29) is 0 Å². The molecule has 0 saturated carbocycles. The van der Waals surface area contributed by atoms with Gasteiger partial charge in [0.2, 0.25) is 0 Å². The van der Waals surface area contributed by atoms with Gasteiger partial charge in [-0.05, 0) is 44.7 Å². The molecule has 0 amide bonds. The Balaban J connectivity index is 1.72. The Labute approximate surface area is 217 Å². The van der Waals surface area contributed by atoms with Crippen molar-refractivity contribution in [2.75, 3.05) is 10.8 Å². The first-order chi connectivity index (χ1) is 16.4. The number of sulfonamides is 1. The molecule has 0 spiro atoms. The van der Waals surface area contributed by atoms with Crippen molar-refractivity contribution in [3.63, 3.8) is 0 Å². The van der Waals surface area contributed by atoms with Crippen LogP contribution in [0.15, 0.2) is 17.0 Å².